The molecule has 5 heteroatoms. The molecule has 17 heavy (non-hydrogen) atoms. The Morgan fingerprint density at radius 2 is 2.24 bits per heavy atom. The zero-order valence-electron chi connectivity index (χ0n) is 10.8. The van der Waals surface area contributed by atoms with Crippen molar-refractivity contribution in [2.45, 2.75) is 32.4 Å². The Bertz CT molecular complexity index is 300. The summed E-state index contributed by atoms with van der Waals surface area (Å²) in [4.78, 5) is 0. The third kappa shape index (κ3) is 6.41. The summed E-state index contributed by atoms with van der Waals surface area (Å²) in [6.45, 7) is 4.95. The van der Waals surface area contributed by atoms with E-state index in [2.05, 4.69) is 5.10 Å². The van der Waals surface area contributed by atoms with Gasteiger partial charge in [-0.05, 0) is 25.3 Å². The maximum absolute atomic E-state index is 5.73. The fraction of sp³-hybridized carbons (Fsp3) is 0.750. The van der Waals surface area contributed by atoms with Gasteiger partial charge in [-0.2, -0.15) is 5.10 Å². The van der Waals surface area contributed by atoms with Crippen LogP contribution in [0.5, 0.6) is 0 Å². The van der Waals surface area contributed by atoms with Crippen molar-refractivity contribution in [1.29, 1.82) is 0 Å². The molecule has 1 unspecified atom stereocenters. The minimum atomic E-state index is 0.179. The maximum Gasteiger partial charge on any atom is 0.0662 e. The third-order valence-corrected chi connectivity index (χ3v) is 2.35. The first-order chi connectivity index (χ1) is 8.22. The predicted molar refractivity (Wildman–Crippen MR) is 66.9 cm³/mol. The Balaban J connectivity index is 2.12. The summed E-state index contributed by atoms with van der Waals surface area (Å²) in [6, 6.07) is 0.179. The average molecular weight is 241 g/mol. The van der Waals surface area contributed by atoms with Crippen LogP contribution in [0.1, 0.15) is 18.9 Å². The number of hydrogen-bond donors (Lipinski definition) is 1. The molecular weight excluding hydrogens is 218 g/mol. The number of methoxy groups -OCH3 is 1. The third-order valence-electron chi connectivity index (χ3n) is 2.35. The lowest BCUT2D eigenvalue weighted by molar-refractivity contribution is 0.0961. The standard InChI is InChI=1S/C12H23N3O2/c1-11(13)8-12-9-14-15(10-12)4-7-17-6-3-5-16-2/h9-11H,3-8,13H2,1-2H3. The van der Waals surface area contributed by atoms with Crippen LogP contribution in [-0.4, -0.2) is 42.8 Å². The number of ether oxygens (including phenoxy) is 2. The number of aromatic nitrogens is 2. The summed E-state index contributed by atoms with van der Waals surface area (Å²) in [5.41, 5.74) is 6.91. The van der Waals surface area contributed by atoms with E-state index in [0.29, 0.717) is 6.61 Å². The van der Waals surface area contributed by atoms with E-state index in [-0.39, 0.29) is 6.04 Å². The first-order valence-electron chi connectivity index (χ1n) is 6.06. The molecule has 1 aromatic heterocycles. The Morgan fingerprint density at radius 1 is 1.41 bits per heavy atom. The smallest absolute Gasteiger partial charge is 0.0662 e. The highest BCUT2D eigenvalue weighted by Gasteiger charge is 2.01. The van der Waals surface area contributed by atoms with Crippen LogP contribution in [-0.2, 0) is 22.4 Å². The van der Waals surface area contributed by atoms with Crippen molar-refractivity contribution in [1.82, 2.24) is 9.78 Å². The molecule has 1 aromatic rings. The largest absolute Gasteiger partial charge is 0.385 e. The normalized spacial score (nSPS) is 12.9. The fourth-order valence-electron chi connectivity index (χ4n) is 1.57. The second-order valence-corrected chi connectivity index (χ2v) is 4.25. The molecular formula is C12H23N3O2. The van der Waals surface area contributed by atoms with Gasteiger partial charge in [-0.1, -0.05) is 0 Å². The van der Waals surface area contributed by atoms with Gasteiger partial charge in [-0.15, -0.1) is 0 Å². The molecule has 0 aliphatic carbocycles. The Kier molecular flexibility index (Phi) is 6.84. The fourth-order valence-corrected chi connectivity index (χ4v) is 1.57. The molecule has 0 aliphatic heterocycles. The lowest BCUT2D eigenvalue weighted by Gasteiger charge is -2.04. The minimum absolute atomic E-state index is 0.179. The highest BCUT2D eigenvalue weighted by molar-refractivity contribution is 5.05. The summed E-state index contributed by atoms with van der Waals surface area (Å²) in [5.74, 6) is 0. The van der Waals surface area contributed by atoms with E-state index < -0.39 is 0 Å². The molecule has 1 heterocycles. The van der Waals surface area contributed by atoms with Crippen molar-refractivity contribution in [3.8, 4) is 0 Å². The number of nitrogens with zero attached hydrogens (tertiary/aromatic N) is 2. The summed E-state index contributed by atoms with van der Waals surface area (Å²) in [7, 11) is 1.70. The molecule has 1 atom stereocenters. The van der Waals surface area contributed by atoms with Crippen LogP contribution in [0.15, 0.2) is 12.4 Å². The Hall–Kier alpha value is -0.910. The minimum Gasteiger partial charge on any atom is -0.385 e. The van der Waals surface area contributed by atoms with E-state index in [1.54, 1.807) is 7.11 Å². The molecule has 0 saturated carbocycles. The van der Waals surface area contributed by atoms with Gasteiger partial charge in [0.1, 0.15) is 0 Å². The average Bonchev–Trinajstić information content (AvgIpc) is 2.70. The zero-order chi connectivity index (χ0) is 12.5. The highest BCUT2D eigenvalue weighted by Crippen LogP contribution is 2.01. The highest BCUT2D eigenvalue weighted by atomic mass is 16.5. The monoisotopic (exact) mass is 241 g/mol. The van der Waals surface area contributed by atoms with Gasteiger partial charge in [0.15, 0.2) is 0 Å². The Labute approximate surface area is 103 Å². The van der Waals surface area contributed by atoms with E-state index in [0.717, 1.165) is 32.6 Å². The molecule has 1 rings (SSSR count). The second-order valence-electron chi connectivity index (χ2n) is 4.25. The molecule has 0 radical (unpaired) electrons. The van der Waals surface area contributed by atoms with Crippen molar-refractivity contribution in [3.05, 3.63) is 18.0 Å². The van der Waals surface area contributed by atoms with Gasteiger partial charge in [0, 0.05) is 32.6 Å². The topological polar surface area (TPSA) is 62.3 Å². The number of hydrogen-bond acceptors (Lipinski definition) is 4. The zero-order valence-corrected chi connectivity index (χ0v) is 10.8. The molecule has 98 valence electrons. The van der Waals surface area contributed by atoms with Gasteiger partial charge in [-0.25, -0.2) is 0 Å². The number of nitrogens with two attached hydrogens (primary N) is 1. The summed E-state index contributed by atoms with van der Waals surface area (Å²) >= 11 is 0. The lowest BCUT2D eigenvalue weighted by atomic mass is 10.1. The molecule has 0 bridgehead atoms. The quantitative estimate of drug-likeness (QED) is 0.650. The predicted octanol–water partition coefficient (Wildman–Crippen LogP) is 0.826. The summed E-state index contributed by atoms with van der Waals surface area (Å²) in [6.07, 6.45) is 5.70. The van der Waals surface area contributed by atoms with Crippen LogP contribution in [0, 0.1) is 0 Å². The molecule has 0 amide bonds. The SMILES string of the molecule is COCCCOCCn1cc(CC(C)N)cn1. The van der Waals surface area contributed by atoms with Crippen molar-refractivity contribution in [3.63, 3.8) is 0 Å². The van der Waals surface area contributed by atoms with Gasteiger partial charge in [0.05, 0.1) is 19.3 Å². The maximum atomic E-state index is 5.73. The van der Waals surface area contributed by atoms with Gasteiger partial charge in [0.25, 0.3) is 0 Å². The molecule has 0 fully saturated rings. The van der Waals surface area contributed by atoms with E-state index >= 15 is 0 Å². The van der Waals surface area contributed by atoms with Gasteiger partial charge >= 0.3 is 0 Å². The van der Waals surface area contributed by atoms with Crippen LogP contribution in [0.4, 0.5) is 0 Å². The first kappa shape index (κ1) is 14.2. The van der Waals surface area contributed by atoms with E-state index in [1.165, 1.54) is 5.56 Å². The van der Waals surface area contributed by atoms with Crippen molar-refractivity contribution < 1.29 is 9.47 Å². The Morgan fingerprint density at radius 3 is 2.94 bits per heavy atom. The summed E-state index contributed by atoms with van der Waals surface area (Å²) < 4.78 is 12.3. The number of rotatable bonds is 9. The van der Waals surface area contributed by atoms with Crippen LogP contribution in [0.2, 0.25) is 0 Å². The van der Waals surface area contributed by atoms with Crippen LogP contribution < -0.4 is 5.73 Å². The van der Waals surface area contributed by atoms with E-state index in [1.807, 2.05) is 24.0 Å². The van der Waals surface area contributed by atoms with E-state index in [4.69, 9.17) is 15.2 Å². The van der Waals surface area contributed by atoms with Gasteiger partial charge in [-0.3, -0.25) is 4.68 Å². The molecule has 0 aliphatic rings. The molecule has 2 N–H and O–H groups in total. The molecule has 0 aromatic carbocycles. The van der Waals surface area contributed by atoms with Crippen molar-refractivity contribution in [2.24, 2.45) is 5.73 Å². The van der Waals surface area contributed by atoms with Gasteiger partial charge < -0.3 is 15.2 Å². The van der Waals surface area contributed by atoms with Crippen LogP contribution >= 0.6 is 0 Å². The molecule has 5 nitrogen and oxygen atoms in total. The van der Waals surface area contributed by atoms with Crippen LogP contribution in [0.25, 0.3) is 0 Å². The van der Waals surface area contributed by atoms with E-state index in [9.17, 15) is 0 Å². The lowest BCUT2D eigenvalue weighted by Crippen LogP contribution is -2.17. The second kappa shape index (κ2) is 8.22. The van der Waals surface area contributed by atoms with Crippen molar-refractivity contribution >= 4 is 0 Å². The van der Waals surface area contributed by atoms with Crippen LogP contribution in [0.3, 0.4) is 0 Å². The first-order valence-corrected chi connectivity index (χ1v) is 6.06. The molecule has 0 spiro atoms. The molecule has 0 saturated heterocycles. The van der Waals surface area contributed by atoms with Crippen molar-refractivity contribution in [2.75, 3.05) is 26.9 Å². The van der Waals surface area contributed by atoms with Gasteiger partial charge in [0.2, 0.25) is 0 Å². The summed E-state index contributed by atoms with van der Waals surface area (Å²) in [5, 5.41) is 4.26.